The van der Waals surface area contributed by atoms with Gasteiger partial charge in [0, 0.05) is 13.0 Å². The van der Waals surface area contributed by atoms with Crippen LogP contribution in [0.15, 0.2) is 48.6 Å². The van der Waals surface area contributed by atoms with E-state index in [4.69, 9.17) is 9.47 Å². The van der Waals surface area contributed by atoms with Gasteiger partial charge in [0.1, 0.15) is 6.10 Å². The van der Waals surface area contributed by atoms with Gasteiger partial charge in [-0.05, 0) is 51.4 Å². The number of hydrogen-bond acceptors (Lipinski definition) is 4. The molecule has 0 aromatic heterocycles. The highest BCUT2D eigenvalue weighted by Crippen LogP contribution is 2.16. The number of carbonyl (C=O) groups excluding carboxylic acids is 1. The molecule has 0 aliphatic heterocycles. The van der Waals surface area contributed by atoms with Crippen molar-refractivity contribution in [2.75, 3.05) is 19.8 Å². The summed E-state index contributed by atoms with van der Waals surface area (Å²) in [4.78, 5) is 12.2. The molecule has 1 N–H and O–H groups in total. The zero-order chi connectivity index (χ0) is 39.1. The summed E-state index contributed by atoms with van der Waals surface area (Å²) in [6, 6.07) is 0. The minimum atomic E-state index is -0.546. The van der Waals surface area contributed by atoms with Crippen LogP contribution in [-0.4, -0.2) is 37.0 Å². The van der Waals surface area contributed by atoms with Gasteiger partial charge >= 0.3 is 5.97 Å². The van der Waals surface area contributed by atoms with Gasteiger partial charge in [-0.2, -0.15) is 0 Å². The minimum absolute atomic E-state index is 0.180. The van der Waals surface area contributed by atoms with Gasteiger partial charge in [0.05, 0.1) is 13.2 Å². The zero-order valence-corrected chi connectivity index (χ0v) is 36.2. The molecule has 1 atom stereocenters. The van der Waals surface area contributed by atoms with Crippen molar-refractivity contribution in [3.63, 3.8) is 0 Å². The van der Waals surface area contributed by atoms with Crippen LogP contribution in [0.2, 0.25) is 0 Å². The second-order valence-electron chi connectivity index (χ2n) is 15.8. The van der Waals surface area contributed by atoms with E-state index in [1.54, 1.807) is 0 Å². The van der Waals surface area contributed by atoms with Crippen LogP contribution in [0.3, 0.4) is 0 Å². The van der Waals surface area contributed by atoms with Gasteiger partial charge in [0.2, 0.25) is 0 Å². The summed E-state index contributed by atoms with van der Waals surface area (Å²) in [6.07, 6.45) is 62.0. The molecule has 316 valence electrons. The van der Waals surface area contributed by atoms with Crippen molar-refractivity contribution in [3.05, 3.63) is 48.6 Å². The maximum absolute atomic E-state index is 12.2. The molecule has 0 aromatic rings. The maximum atomic E-state index is 12.2. The van der Waals surface area contributed by atoms with Gasteiger partial charge < -0.3 is 14.6 Å². The molecule has 0 saturated heterocycles. The monoisotopic (exact) mass is 757 g/mol. The Morgan fingerprint density at radius 2 is 0.833 bits per heavy atom. The van der Waals surface area contributed by atoms with Gasteiger partial charge in [-0.25, -0.2) is 0 Å². The largest absolute Gasteiger partial charge is 0.457 e. The Kier molecular flexibility index (Phi) is 46.0. The fourth-order valence-electron chi connectivity index (χ4n) is 6.91. The van der Waals surface area contributed by atoms with Crippen molar-refractivity contribution in [2.45, 2.75) is 245 Å². The van der Waals surface area contributed by atoms with E-state index >= 15 is 0 Å². The summed E-state index contributed by atoms with van der Waals surface area (Å²) in [6.45, 7) is 5.24. The first kappa shape index (κ1) is 52.3. The van der Waals surface area contributed by atoms with E-state index in [9.17, 15) is 9.90 Å². The Hall–Kier alpha value is -1.65. The quantitative estimate of drug-likeness (QED) is 0.0382. The van der Waals surface area contributed by atoms with Crippen molar-refractivity contribution < 1.29 is 19.4 Å². The fourth-order valence-corrected chi connectivity index (χ4v) is 6.91. The van der Waals surface area contributed by atoms with Crippen LogP contribution < -0.4 is 0 Å². The fraction of sp³-hybridized carbons (Fsp3) is 0.820. The van der Waals surface area contributed by atoms with Crippen LogP contribution in [0.1, 0.15) is 239 Å². The molecule has 0 saturated carbocycles. The molecule has 0 rings (SSSR count). The maximum Gasteiger partial charge on any atom is 0.306 e. The van der Waals surface area contributed by atoms with Crippen molar-refractivity contribution >= 4 is 5.97 Å². The number of rotatable bonds is 44. The summed E-state index contributed by atoms with van der Waals surface area (Å²) < 4.78 is 11.2. The van der Waals surface area contributed by atoms with Crippen molar-refractivity contribution in [3.8, 4) is 0 Å². The average Bonchev–Trinajstić information content (AvgIpc) is 3.18. The first-order valence-corrected chi connectivity index (χ1v) is 23.7. The van der Waals surface area contributed by atoms with E-state index in [1.807, 2.05) is 0 Å². The van der Waals surface area contributed by atoms with Crippen LogP contribution in [0.5, 0.6) is 0 Å². The molecule has 4 nitrogen and oxygen atoms in total. The lowest BCUT2D eigenvalue weighted by Crippen LogP contribution is -2.27. The van der Waals surface area contributed by atoms with Crippen LogP contribution >= 0.6 is 0 Å². The standard InChI is InChI=1S/C50H92O4/c1-3-5-7-9-11-13-15-17-19-21-22-23-24-25-26-27-28-30-32-34-36-38-40-42-44-46-53-48-49(47-51)54-50(52)45-43-41-39-37-35-33-31-29-20-18-16-14-12-10-8-6-4-2/h6,8,12,14,18,20,31,33,49,51H,3-5,7,9-11,13,15-17,19,21-30,32,34-48H2,1-2H3/b8-6-,14-12-,20-18-,33-31-. The third-order valence-corrected chi connectivity index (χ3v) is 10.4. The molecule has 4 heteroatoms. The molecule has 0 bridgehead atoms. The molecule has 0 aliphatic rings. The number of aliphatic hydroxyl groups excluding tert-OH is 1. The van der Waals surface area contributed by atoms with E-state index < -0.39 is 6.10 Å². The molecule has 0 aliphatic carbocycles. The number of hydrogen-bond donors (Lipinski definition) is 1. The summed E-state index contributed by atoms with van der Waals surface area (Å²) in [5, 5.41) is 9.62. The molecular formula is C50H92O4. The molecule has 0 radical (unpaired) electrons. The number of ether oxygens (including phenoxy) is 2. The lowest BCUT2D eigenvalue weighted by molar-refractivity contribution is -0.154. The lowest BCUT2D eigenvalue weighted by Gasteiger charge is -2.15. The van der Waals surface area contributed by atoms with Crippen LogP contribution in [-0.2, 0) is 14.3 Å². The highest BCUT2D eigenvalue weighted by molar-refractivity contribution is 5.69. The van der Waals surface area contributed by atoms with Gasteiger partial charge in [0.25, 0.3) is 0 Å². The second kappa shape index (κ2) is 47.5. The van der Waals surface area contributed by atoms with E-state index in [1.165, 1.54) is 154 Å². The summed E-state index contributed by atoms with van der Waals surface area (Å²) in [5.41, 5.74) is 0. The van der Waals surface area contributed by atoms with Crippen molar-refractivity contribution in [1.29, 1.82) is 0 Å². The second-order valence-corrected chi connectivity index (χ2v) is 15.8. The highest BCUT2D eigenvalue weighted by Gasteiger charge is 2.13. The number of aliphatic hydroxyl groups is 1. The normalized spacial score (nSPS) is 12.7. The minimum Gasteiger partial charge on any atom is -0.457 e. The molecule has 0 spiro atoms. The third kappa shape index (κ3) is 44.7. The van der Waals surface area contributed by atoms with Gasteiger partial charge in [-0.15, -0.1) is 0 Å². The Bertz CT molecular complexity index is 844. The summed E-state index contributed by atoms with van der Waals surface area (Å²) in [7, 11) is 0. The van der Waals surface area contributed by atoms with E-state index in [0.29, 0.717) is 13.0 Å². The molecule has 54 heavy (non-hydrogen) atoms. The van der Waals surface area contributed by atoms with Crippen LogP contribution in [0.4, 0.5) is 0 Å². The highest BCUT2D eigenvalue weighted by atomic mass is 16.6. The molecule has 0 fully saturated rings. The topological polar surface area (TPSA) is 55.8 Å². The van der Waals surface area contributed by atoms with Crippen LogP contribution in [0.25, 0.3) is 0 Å². The predicted octanol–water partition coefficient (Wildman–Crippen LogP) is 15.8. The predicted molar refractivity (Wildman–Crippen MR) is 237 cm³/mol. The van der Waals surface area contributed by atoms with Gasteiger partial charge in [-0.1, -0.05) is 229 Å². The smallest absolute Gasteiger partial charge is 0.306 e. The molecule has 0 heterocycles. The third-order valence-electron chi connectivity index (χ3n) is 10.4. The summed E-state index contributed by atoms with van der Waals surface area (Å²) >= 11 is 0. The number of allylic oxidation sites excluding steroid dienone is 8. The zero-order valence-electron chi connectivity index (χ0n) is 36.2. The van der Waals surface area contributed by atoms with Crippen LogP contribution in [0, 0.1) is 0 Å². The molecule has 0 aromatic carbocycles. The number of esters is 1. The molecule has 0 amide bonds. The van der Waals surface area contributed by atoms with E-state index in [-0.39, 0.29) is 19.2 Å². The number of carbonyl (C=O) groups is 1. The summed E-state index contributed by atoms with van der Waals surface area (Å²) in [5.74, 6) is -0.221. The van der Waals surface area contributed by atoms with E-state index in [0.717, 1.165) is 64.2 Å². The molecule has 1 unspecified atom stereocenters. The SMILES string of the molecule is CC/C=C\C/C=C\C/C=C\C/C=C\CCCCCCC(=O)OC(CO)COCCCCCCCCCCCCCCCCCCCCCCCCCCC. The average molecular weight is 757 g/mol. The lowest BCUT2D eigenvalue weighted by atomic mass is 10.0. The first-order valence-electron chi connectivity index (χ1n) is 23.7. The van der Waals surface area contributed by atoms with Gasteiger partial charge in [0.15, 0.2) is 0 Å². The Balaban J connectivity index is 3.40. The van der Waals surface area contributed by atoms with E-state index in [2.05, 4.69) is 62.5 Å². The Morgan fingerprint density at radius 1 is 0.463 bits per heavy atom. The molecular weight excluding hydrogens is 665 g/mol. The Labute approximate surface area is 337 Å². The first-order chi connectivity index (χ1) is 26.7. The van der Waals surface area contributed by atoms with Crippen molar-refractivity contribution in [1.82, 2.24) is 0 Å². The Morgan fingerprint density at radius 3 is 1.26 bits per heavy atom. The van der Waals surface area contributed by atoms with Gasteiger partial charge in [-0.3, -0.25) is 4.79 Å². The van der Waals surface area contributed by atoms with Crippen molar-refractivity contribution in [2.24, 2.45) is 0 Å². The number of unbranched alkanes of at least 4 members (excludes halogenated alkanes) is 28.